The molecule has 1 fully saturated rings. The molecule has 72 valence electrons. The fourth-order valence-corrected chi connectivity index (χ4v) is 3.10. The van der Waals surface area contributed by atoms with Crippen molar-refractivity contribution in [2.45, 2.75) is 19.3 Å². The van der Waals surface area contributed by atoms with Crippen LogP contribution in [0, 0.1) is 5.92 Å². The number of methoxy groups -OCH3 is 1. The molecule has 0 radical (unpaired) electrons. The van der Waals surface area contributed by atoms with E-state index in [-0.39, 0.29) is 0 Å². The summed E-state index contributed by atoms with van der Waals surface area (Å²) in [5.41, 5.74) is 0. The van der Waals surface area contributed by atoms with Crippen molar-refractivity contribution in [3.63, 3.8) is 0 Å². The molecule has 1 heterocycles. The molecule has 0 aromatic rings. The third-order valence-corrected chi connectivity index (χ3v) is 4.12. The van der Waals surface area contributed by atoms with Gasteiger partial charge in [0.05, 0.1) is 11.5 Å². The van der Waals surface area contributed by atoms with Gasteiger partial charge in [0.15, 0.2) is 0 Å². The Labute approximate surface area is 74.0 Å². The van der Waals surface area contributed by atoms with Gasteiger partial charge in [-0.25, -0.2) is 8.42 Å². The lowest BCUT2D eigenvalue weighted by Crippen LogP contribution is -2.23. The molecular weight excluding hydrogens is 176 g/mol. The summed E-state index contributed by atoms with van der Waals surface area (Å²) in [5.74, 6) is 1.32. The van der Waals surface area contributed by atoms with Gasteiger partial charge in [-0.1, -0.05) is 0 Å². The van der Waals surface area contributed by atoms with Crippen LogP contribution in [0.4, 0.5) is 0 Å². The summed E-state index contributed by atoms with van der Waals surface area (Å²) in [4.78, 5) is 0. The molecule has 4 heteroatoms. The lowest BCUT2D eigenvalue weighted by atomic mass is 10.00. The lowest BCUT2D eigenvalue weighted by Gasteiger charge is -2.21. The first-order valence-electron chi connectivity index (χ1n) is 4.33. The number of hydrogen-bond donors (Lipinski definition) is 0. The molecule has 0 saturated carbocycles. The fourth-order valence-electron chi connectivity index (χ4n) is 1.51. The van der Waals surface area contributed by atoms with Crippen molar-refractivity contribution in [1.82, 2.24) is 0 Å². The second-order valence-corrected chi connectivity index (χ2v) is 5.68. The summed E-state index contributed by atoms with van der Waals surface area (Å²) in [5, 5.41) is 0. The average molecular weight is 192 g/mol. The number of hydrogen-bond acceptors (Lipinski definition) is 3. The van der Waals surface area contributed by atoms with Crippen molar-refractivity contribution in [1.29, 1.82) is 0 Å². The van der Waals surface area contributed by atoms with Gasteiger partial charge in [0.2, 0.25) is 0 Å². The molecule has 0 aromatic heterocycles. The van der Waals surface area contributed by atoms with E-state index in [1.165, 1.54) is 0 Å². The van der Waals surface area contributed by atoms with E-state index >= 15 is 0 Å². The molecule has 1 rings (SSSR count). The molecule has 0 amide bonds. The van der Waals surface area contributed by atoms with E-state index in [1.54, 1.807) is 7.11 Å². The molecule has 0 bridgehead atoms. The summed E-state index contributed by atoms with van der Waals surface area (Å²) in [6, 6.07) is 0. The topological polar surface area (TPSA) is 43.4 Å². The Morgan fingerprint density at radius 2 is 1.92 bits per heavy atom. The van der Waals surface area contributed by atoms with Gasteiger partial charge in [-0.05, 0) is 25.2 Å². The first kappa shape index (κ1) is 9.99. The van der Waals surface area contributed by atoms with Gasteiger partial charge >= 0.3 is 0 Å². The summed E-state index contributed by atoms with van der Waals surface area (Å²) in [7, 11) is -1.00. The third kappa shape index (κ3) is 3.11. The van der Waals surface area contributed by atoms with Crippen molar-refractivity contribution in [2.24, 2.45) is 5.92 Å². The quantitative estimate of drug-likeness (QED) is 0.665. The lowest BCUT2D eigenvalue weighted by molar-refractivity contribution is 0.174. The van der Waals surface area contributed by atoms with Crippen molar-refractivity contribution >= 4 is 9.84 Å². The van der Waals surface area contributed by atoms with Gasteiger partial charge < -0.3 is 4.74 Å². The molecule has 0 aliphatic carbocycles. The van der Waals surface area contributed by atoms with Crippen molar-refractivity contribution in [2.75, 3.05) is 25.2 Å². The summed E-state index contributed by atoms with van der Waals surface area (Å²) >= 11 is 0. The molecule has 1 aliphatic heterocycles. The van der Waals surface area contributed by atoms with Crippen LogP contribution in [0.1, 0.15) is 19.3 Å². The number of sulfone groups is 1. The third-order valence-electron chi connectivity index (χ3n) is 2.40. The van der Waals surface area contributed by atoms with Crippen molar-refractivity contribution in [3.8, 4) is 0 Å². The Balaban J connectivity index is 2.27. The van der Waals surface area contributed by atoms with Gasteiger partial charge in [0, 0.05) is 13.7 Å². The molecule has 0 atom stereocenters. The maximum absolute atomic E-state index is 11.0. The molecule has 0 aromatic carbocycles. The van der Waals surface area contributed by atoms with E-state index in [0.717, 1.165) is 25.9 Å². The van der Waals surface area contributed by atoms with Crippen LogP contribution in [-0.4, -0.2) is 33.6 Å². The van der Waals surface area contributed by atoms with Crippen LogP contribution in [0.25, 0.3) is 0 Å². The second kappa shape index (κ2) is 4.23. The molecule has 0 unspecified atom stereocenters. The minimum atomic E-state index is -2.68. The summed E-state index contributed by atoms with van der Waals surface area (Å²) < 4.78 is 27.0. The van der Waals surface area contributed by atoms with E-state index in [1.807, 2.05) is 0 Å². The predicted octanol–water partition coefficient (Wildman–Crippen LogP) is 0.848. The minimum absolute atomic E-state index is 0.376. The second-order valence-electron chi connectivity index (χ2n) is 3.38. The molecule has 3 nitrogen and oxygen atoms in total. The normalized spacial score (nSPS) is 24.1. The van der Waals surface area contributed by atoms with Crippen LogP contribution in [0.5, 0.6) is 0 Å². The highest BCUT2D eigenvalue weighted by Gasteiger charge is 2.22. The maximum Gasteiger partial charge on any atom is 0.150 e. The highest BCUT2D eigenvalue weighted by atomic mass is 32.2. The molecule has 1 aliphatic rings. The summed E-state index contributed by atoms with van der Waals surface area (Å²) in [6.07, 6.45) is 2.66. The van der Waals surface area contributed by atoms with Gasteiger partial charge in [0.1, 0.15) is 9.84 Å². The zero-order valence-corrected chi connectivity index (χ0v) is 8.27. The predicted molar refractivity (Wildman–Crippen MR) is 47.9 cm³/mol. The largest absolute Gasteiger partial charge is 0.385 e. The Morgan fingerprint density at radius 1 is 1.33 bits per heavy atom. The average Bonchev–Trinajstić information content (AvgIpc) is 2.03. The molecule has 0 N–H and O–H groups in total. The first-order valence-corrected chi connectivity index (χ1v) is 6.15. The van der Waals surface area contributed by atoms with Gasteiger partial charge in [-0.3, -0.25) is 0 Å². The SMILES string of the molecule is COCCC1CCS(=O)(=O)CC1. The van der Waals surface area contributed by atoms with Crippen LogP contribution in [0.3, 0.4) is 0 Å². The van der Waals surface area contributed by atoms with Crippen molar-refractivity contribution < 1.29 is 13.2 Å². The Morgan fingerprint density at radius 3 is 2.42 bits per heavy atom. The van der Waals surface area contributed by atoms with E-state index < -0.39 is 9.84 Å². The monoisotopic (exact) mass is 192 g/mol. The van der Waals surface area contributed by atoms with Gasteiger partial charge in [-0.2, -0.15) is 0 Å². The Bertz CT molecular complexity index is 206. The Kier molecular flexibility index (Phi) is 3.53. The maximum atomic E-state index is 11.0. The van der Waals surface area contributed by atoms with Gasteiger partial charge in [0.25, 0.3) is 0 Å². The van der Waals surface area contributed by atoms with Crippen LogP contribution >= 0.6 is 0 Å². The molecular formula is C8H16O3S. The smallest absolute Gasteiger partial charge is 0.150 e. The van der Waals surface area contributed by atoms with Crippen LogP contribution in [0.2, 0.25) is 0 Å². The van der Waals surface area contributed by atoms with Crippen LogP contribution in [0.15, 0.2) is 0 Å². The minimum Gasteiger partial charge on any atom is -0.385 e. The van der Waals surface area contributed by atoms with E-state index in [4.69, 9.17) is 4.74 Å². The number of rotatable bonds is 3. The van der Waals surface area contributed by atoms with E-state index in [0.29, 0.717) is 17.4 Å². The zero-order chi connectivity index (χ0) is 9.03. The van der Waals surface area contributed by atoms with E-state index in [9.17, 15) is 8.42 Å². The standard InChI is InChI=1S/C8H16O3S/c1-11-5-2-8-3-6-12(9,10)7-4-8/h8H,2-7H2,1H3. The van der Waals surface area contributed by atoms with Crippen molar-refractivity contribution in [3.05, 3.63) is 0 Å². The Hall–Kier alpha value is -0.0900. The molecule has 1 saturated heterocycles. The molecule has 0 spiro atoms. The fraction of sp³-hybridized carbons (Fsp3) is 1.00. The highest BCUT2D eigenvalue weighted by molar-refractivity contribution is 7.91. The molecule has 12 heavy (non-hydrogen) atoms. The summed E-state index contributed by atoms with van der Waals surface area (Å²) in [6.45, 7) is 0.755. The van der Waals surface area contributed by atoms with E-state index in [2.05, 4.69) is 0 Å². The van der Waals surface area contributed by atoms with Gasteiger partial charge in [-0.15, -0.1) is 0 Å². The van der Waals surface area contributed by atoms with Crippen LogP contribution < -0.4 is 0 Å². The zero-order valence-electron chi connectivity index (χ0n) is 7.45. The highest BCUT2D eigenvalue weighted by Crippen LogP contribution is 2.21. The first-order chi connectivity index (χ1) is 5.64. The van der Waals surface area contributed by atoms with Crippen LogP contribution in [-0.2, 0) is 14.6 Å². The number of ether oxygens (including phenoxy) is 1.